The Morgan fingerprint density at radius 2 is 2.05 bits per heavy atom. The Labute approximate surface area is 137 Å². The summed E-state index contributed by atoms with van der Waals surface area (Å²) in [4.78, 5) is 17.7. The number of aryl methyl sites for hydroxylation is 2. The van der Waals surface area contributed by atoms with Gasteiger partial charge in [0.25, 0.3) is 5.91 Å². The molecule has 1 N–H and O–H groups in total. The van der Waals surface area contributed by atoms with Gasteiger partial charge in [0.1, 0.15) is 5.82 Å². The molecule has 0 atom stereocenters. The van der Waals surface area contributed by atoms with Crippen molar-refractivity contribution in [1.29, 1.82) is 0 Å². The van der Waals surface area contributed by atoms with E-state index in [-0.39, 0.29) is 11.7 Å². The summed E-state index contributed by atoms with van der Waals surface area (Å²) < 4.78 is 14.2. The molecule has 1 fully saturated rings. The normalized spacial score (nSPS) is 16.9. The first-order valence-corrected chi connectivity index (χ1v) is 7.88. The number of hydrogen-bond acceptors (Lipinski definition) is 3. The number of rotatable bonds is 2. The van der Waals surface area contributed by atoms with Crippen molar-refractivity contribution >= 4 is 46.0 Å². The van der Waals surface area contributed by atoms with Gasteiger partial charge in [0.2, 0.25) is 0 Å². The van der Waals surface area contributed by atoms with Gasteiger partial charge in [-0.1, -0.05) is 42.2 Å². The number of thiocarbonyl (C=S) groups is 1. The molecule has 22 heavy (non-hydrogen) atoms. The van der Waals surface area contributed by atoms with Crippen LogP contribution in [0, 0.1) is 19.7 Å². The van der Waals surface area contributed by atoms with Crippen molar-refractivity contribution in [2.24, 2.45) is 0 Å². The van der Waals surface area contributed by atoms with Crippen molar-refractivity contribution < 1.29 is 9.18 Å². The van der Waals surface area contributed by atoms with Crippen LogP contribution in [-0.2, 0) is 4.79 Å². The van der Waals surface area contributed by atoms with Crippen LogP contribution in [0.25, 0.3) is 6.08 Å². The maximum absolute atomic E-state index is 13.7. The van der Waals surface area contributed by atoms with Crippen LogP contribution in [0.5, 0.6) is 0 Å². The predicted molar refractivity (Wildman–Crippen MR) is 92.3 cm³/mol. The third-order valence-corrected chi connectivity index (χ3v) is 4.65. The van der Waals surface area contributed by atoms with Crippen molar-refractivity contribution in [1.82, 2.24) is 4.98 Å². The average molecular weight is 332 g/mol. The number of benzene rings is 1. The number of nitrogens with one attached hydrogen (secondary N) is 1. The maximum Gasteiger partial charge on any atom is 0.270 e. The van der Waals surface area contributed by atoms with Crippen LogP contribution < -0.4 is 4.90 Å². The van der Waals surface area contributed by atoms with Crippen molar-refractivity contribution in [2.45, 2.75) is 13.8 Å². The van der Waals surface area contributed by atoms with E-state index in [0.29, 0.717) is 14.8 Å². The van der Waals surface area contributed by atoms with E-state index >= 15 is 0 Å². The summed E-state index contributed by atoms with van der Waals surface area (Å²) in [5.41, 5.74) is 2.96. The largest absolute Gasteiger partial charge is 0.361 e. The van der Waals surface area contributed by atoms with Gasteiger partial charge in [0, 0.05) is 17.0 Å². The summed E-state index contributed by atoms with van der Waals surface area (Å²) in [6, 6.07) is 8.23. The lowest BCUT2D eigenvalue weighted by atomic mass is 10.2. The second kappa shape index (κ2) is 5.70. The molecule has 1 saturated heterocycles. The zero-order chi connectivity index (χ0) is 15.9. The fourth-order valence-corrected chi connectivity index (χ4v) is 3.63. The fraction of sp³-hybridized carbons (Fsp3) is 0.125. The molecule has 0 aliphatic carbocycles. The molecule has 1 amide bonds. The van der Waals surface area contributed by atoms with Gasteiger partial charge in [-0.2, -0.15) is 0 Å². The van der Waals surface area contributed by atoms with Gasteiger partial charge in [-0.25, -0.2) is 4.39 Å². The van der Waals surface area contributed by atoms with Crippen LogP contribution in [-0.4, -0.2) is 15.2 Å². The molecule has 1 aliphatic rings. The monoisotopic (exact) mass is 332 g/mol. The van der Waals surface area contributed by atoms with Crippen LogP contribution in [0.1, 0.15) is 17.0 Å². The molecule has 2 heterocycles. The summed E-state index contributed by atoms with van der Waals surface area (Å²) in [5, 5.41) is 0. The van der Waals surface area contributed by atoms with E-state index < -0.39 is 0 Å². The minimum atomic E-state index is -0.360. The molecular weight excluding hydrogens is 319 g/mol. The van der Waals surface area contributed by atoms with Crippen molar-refractivity contribution in [3.63, 3.8) is 0 Å². The second-order valence-electron chi connectivity index (χ2n) is 5.00. The number of aromatic amines is 1. The van der Waals surface area contributed by atoms with Gasteiger partial charge in [-0.15, -0.1) is 0 Å². The van der Waals surface area contributed by atoms with Crippen LogP contribution in [0.2, 0.25) is 0 Å². The molecule has 1 aromatic heterocycles. The molecule has 2 aromatic rings. The number of hydrogen-bond donors (Lipinski definition) is 1. The van der Waals surface area contributed by atoms with E-state index in [9.17, 15) is 9.18 Å². The summed E-state index contributed by atoms with van der Waals surface area (Å²) in [6.07, 6.45) is 1.55. The number of amides is 1. The Balaban J connectivity index is 1.99. The first-order chi connectivity index (χ1) is 10.5. The van der Waals surface area contributed by atoms with Crippen LogP contribution >= 0.6 is 24.0 Å². The van der Waals surface area contributed by atoms with E-state index in [2.05, 4.69) is 4.98 Å². The zero-order valence-electron chi connectivity index (χ0n) is 12.0. The molecule has 112 valence electrons. The Kier molecular flexibility index (Phi) is 3.88. The Morgan fingerprint density at radius 3 is 2.68 bits per heavy atom. The average Bonchev–Trinajstić information content (AvgIpc) is 2.92. The van der Waals surface area contributed by atoms with Gasteiger partial charge in [-0.05, 0) is 32.1 Å². The highest BCUT2D eigenvalue weighted by atomic mass is 32.2. The number of carbonyl (C=O) groups excluding carboxylic acids is 1. The minimum Gasteiger partial charge on any atom is -0.361 e. The second-order valence-corrected chi connectivity index (χ2v) is 6.68. The van der Waals surface area contributed by atoms with Crippen molar-refractivity contribution in [3.8, 4) is 0 Å². The maximum atomic E-state index is 13.7. The number of aromatic nitrogens is 1. The highest BCUT2D eigenvalue weighted by Gasteiger charge is 2.34. The molecule has 0 saturated carbocycles. The van der Waals surface area contributed by atoms with Crippen molar-refractivity contribution in [3.05, 3.63) is 58.0 Å². The van der Waals surface area contributed by atoms with Crippen LogP contribution in [0.15, 0.2) is 35.2 Å². The highest BCUT2D eigenvalue weighted by Crippen LogP contribution is 2.37. The van der Waals surface area contributed by atoms with Gasteiger partial charge < -0.3 is 4.98 Å². The summed E-state index contributed by atoms with van der Waals surface area (Å²) in [7, 11) is 0. The third-order valence-electron chi connectivity index (χ3n) is 3.35. The molecule has 3 rings (SSSR count). The molecule has 1 aromatic carbocycles. The quantitative estimate of drug-likeness (QED) is 0.662. The Morgan fingerprint density at radius 1 is 1.32 bits per heavy atom. The van der Waals surface area contributed by atoms with Gasteiger partial charge in [0.15, 0.2) is 4.32 Å². The first-order valence-electron chi connectivity index (χ1n) is 6.66. The summed E-state index contributed by atoms with van der Waals surface area (Å²) >= 11 is 6.50. The number of anilines is 1. The summed E-state index contributed by atoms with van der Waals surface area (Å²) in [5.74, 6) is -0.582. The topological polar surface area (TPSA) is 36.1 Å². The smallest absolute Gasteiger partial charge is 0.270 e. The minimum absolute atomic E-state index is 0.222. The third kappa shape index (κ3) is 2.60. The predicted octanol–water partition coefficient (Wildman–Crippen LogP) is 4.18. The standard InChI is InChI=1S/C16H13FN2OS2/c1-9-7-13(10(2)18-9)19-15(20)14(22-16(19)21)8-11-5-3-4-6-12(11)17/h3-8,18H,1-2H3. The molecule has 0 unspecified atom stereocenters. The summed E-state index contributed by atoms with van der Waals surface area (Å²) in [6.45, 7) is 3.81. The molecule has 6 heteroatoms. The molecule has 1 aliphatic heterocycles. The SMILES string of the molecule is Cc1cc(N2C(=O)C(=Cc3ccccc3F)SC2=S)c(C)[nH]1. The molecule has 0 radical (unpaired) electrons. The Hall–Kier alpha value is -1.92. The first kappa shape index (κ1) is 15.0. The van der Waals surface area contributed by atoms with E-state index in [0.717, 1.165) is 17.1 Å². The van der Waals surface area contributed by atoms with Crippen molar-refractivity contribution in [2.75, 3.05) is 4.90 Å². The lowest BCUT2D eigenvalue weighted by Gasteiger charge is -2.13. The van der Waals surface area contributed by atoms with Gasteiger partial charge in [-0.3, -0.25) is 9.69 Å². The van der Waals surface area contributed by atoms with E-state index in [4.69, 9.17) is 12.2 Å². The molecule has 3 nitrogen and oxygen atoms in total. The molecular formula is C16H13FN2OS2. The fourth-order valence-electron chi connectivity index (χ4n) is 2.35. The van der Waals surface area contributed by atoms with E-state index in [1.54, 1.807) is 24.3 Å². The number of nitrogens with zero attached hydrogens (tertiary/aromatic N) is 1. The molecule has 0 spiro atoms. The lowest BCUT2D eigenvalue weighted by molar-refractivity contribution is -0.113. The van der Waals surface area contributed by atoms with Gasteiger partial charge in [0.05, 0.1) is 10.6 Å². The molecule has 0 bridgehead atoms. The Bertz CT molecular complexity index is 810. The van der Waals surface area contributed by atoms with E-state index in [1.807, 2.05) is 19.9 Å². The van der Waals surface area contributed by atoms with Crippen LogP contribution in [0.3, 0.4) is 0 Å². The van der Waals surface area contributed by atoms with E-state index in [1.165, 1.54) is 22.7 Å². The number of thioether (sulfide) groups is 1. The van der Waals surface area contributed by atoms with Gasteiger partial charge >= 0.3 is 0 Å². The lowest BCUT2D eigenvalue weighted by Crippen LogP contribution is -2.27. The number of carbonyl (C=O) groups is 1. The highest BCUT2D eigenvalue weighted by molar-refractivity contribution is 8.27. The van der Waals surface area contributed by atoms with Crippen LogP contribution in [0.4, 0.5) is 10.1 Å². The zero-order valence-corrected chi connectivity index (χ0v) is 13.6. The number of halogens is 1. The number of H-pyrrole nitrogens is 1.